The predicted molar refractivity (Wildman–Crippen MR) is 97.9 cm³/mol. The highest BCUT2D eigenvalue weighted by atomic mass is 16.6. The SMILES string of the molecule is CCOC(=O)COc1ccc(/C=N\NC(=O)[C@@H]2[C@@H]3CCCC[C@@]23C)cc1. The maximum Gasteiger partial charge on any atom is 0.344 e. The van der Waals surface area contributed by atoms with Crippen LogP contribution >= 0.6 is 0 Å². The number of hydrazone groups is 1. The van der Waals surface area contributed by atoms with Crippen molar-refractivity contribution in [1.82, 2.24) is 5.43 Å². The fourth-order valence-electron chi connectivity index (χ4n) is 4.09. The second-order valence-corrected chi connectivity index (χ2v) is 7.23. The normalized spacial score (nSPS) is 26.8. The van der Waals surface area contributed by atoms with Gasteiger partial charge in [-0.15, -0.1) is 0 Å². The van der Waals surface area contributed by atoms with Gasteiger partial charge in [-0.25, -0.2) is 10.2 Å². The van der Waals surface area contributed by atoms with Gasteiger partial charge >= 0.3 is 5.97 Å². The summed E-state index contributed by atoms with van der Waals surface area (Å²) >= 11 is 0. The average Bonchev–Trinajstić information content (AvgIpc) is 3.27. The Kier molecular flexibility index (Phi) is 5.59. The van der Waals surface area contributed by atoms with Gasteiger partial charge in [-0.05, 0) is 60.9 Å². The molecule has 1 aromatic rings. The summed E-state index contributed by atoms with van der Waals surface area (Å²) in [5.41, 5.74) is 3.71. The van der Waals surface area contributed by atoms with Crippen LogP contribution < -0.4 is 10.2 Å². The molecule has 26 heavy (non-hydrogen) atoms. The van der Waals surface area contributed by atoms with Gasteiger partial charge in [-0.1, -0.05) is 19.8 Å². The molecule has 3 atom stereocenters. The minimum atomic E-state index is -0.393. The van der Waals surface area contributed by atoms with Crippen LogP contribution in [0, 0.1) is 17.3 Å². The molecule has 2 aliphatic rings. The van der Waals surface area contributed by atoms with Gasteiger partial charge in [0.05, 0.1) is 12.8 Å². The standard InChI is InChI=1S/C20H26N2O4/c1-3-25-17(23)13-26-15-9-7-14(8-10-15)12-21-22-19(24)18-16-6-4-5-11-20(16,18)2/h7-10,12,16,18H,3-6,11,13H2,1-2H3,(H,22,24)/b21-12-/t16-,18-,20+/m0/s1. The smallest absolute Gasteiger partial charge is 0.344 e. The number of esters is 1. The van der Waals surface area contributed by atoms with Crippen molar-refractivity contribution >= 4 is 18.1 Å². The first kappa shape index (κ1) is 18.4. The van der Waals surface area contributed by atoms with Crippen LogP contribution in [-0.4, -0.2) is 31.3 Å². The van der Waals surface area contributed by atoms with Gasteiger partial charge < -0.3 is 9.47 Å². The molecule has 0 aromatic heterocycles. The third-order valence-corrected chi connectivity index (χ3v) is 5.54. The monoisotopic (exact) mass is 358 g/mol. The zero-order valence-electron chi connectivity index (χ0n) is 15.4. The number of carbonyl (C=O) groups excluding carboxylic acids is 2. The fraction of sp³-hybridized carbons (Fsp3) is 0.550. The number of fused-ring (bicyclic) bond motifs is 1. The van der Waals surface area contributed by atoms with Crippen molar-refractivity contribution in [3.63, 3.8) is 0 Å². The first-order chi connectivity index (χ1) is 12.5. The van der Waals surface area contributed by atoms with Gasteiger partial charge in [0.15, 0.2) is 6.61 Å². The van der Waals surface area contributed by atoms with E-state index in [1.165, 1.54) is 12.8 Å². The molecule has 6 heteroatoms. The molecule has 1 N–H and O–H groups in total. The largest absolute Gasteiger partial charge is 0.482 e. The fourth-order valence-corrected chi connectivity index (χ4v) is 4.09. The van der Waals surface area contributed by atoms with Crippen molar-refractivity contribution in [1.29, 1.82) is 0 Å². The molecule has 0 saturated heterocycles. The van der Waals surface area contributed by atoms with E-state index in [0.29, 0.717) is 18.3 Å². The van der Waals surface area contributed by atoms with Gasteiger partial charge in [-0.2, -0.15) is 5.10 Å². The Bertz CT molecular complexity index is 686. The highest BCUT2D eigenvalue weighted by Crippen LogP contribution is 2.66. The van der Waals surface area contributed by atoms with E-state index in [4.69, 9.17) is 9.47 Å². The summed E-state index contributed by atoms with van der Waals surface area (Å²) in [5, 5.41) is 4.08. The second kappa shape index (κ2) is 7.89. The van der Waals surface area contributed by atoms with E-state index in [1.807, 2.05) is 12.1 Å². The molecule has 6 nitrogen and oxygen atoms in total. The Morgan fingerprint density at radius 2 is 2.08 bits per heavy atom. The van der Waals surface area contributed by atoms with Gasteiger partial charge in [-0.3, -0.25) is 4.79 Å². The summed E-state index contributed by atoms with van der Waals surface area (Å²) in [4.78, 5) is 23.6. The summed E-state index contributed by atoms with van der Waals surface area (Å²) in [6.07, 6.45) is 6.38. The lowest BCUT2D eigenvalue weighted by Gasteiger charge is -2.15. The average molecular weight is 358 g/mol. The summed E-state index contributed by atoms with van der Waals surface area (Å²) in [6.45, 7) is 4.20. The Hall–Kier alpha value is -2.37. The highest BCUT2D eigenvalue weighted by molar-refractivity contribution is 5.86. The van der Waals surface area contributed by atoms with Crippen molar-refractivity contribution < 1.29 is 19.1 Å². The van der Waals surface area contributed by atoms with Crippen LogP contribution in [0.25, 0.3) is 0 Å². The Balaban J connectivity index is 1.45. The van der Waals surface area contributed by atoms with E-state index in [-0.39, 0.29) is 23.8 Å². The number of nitrogens with zero attached hydrogens (tertiary/aromatic N) is 1. The van der Waals surface area contributed by atoms with Gasteiger partial charge in [0.1, 0.15) is 5.75 Å². The Labute approximate surface area is 153 Å². The maximum atomic E-state index is 12.3. The van der Waals surface area contributed by atoms with E-state index in [9.17, 15) is 9.59 Å². The van der Waals surface area contributed by atoms with E-state index in [1.54, 1.807) is 25.3 Å². The van der Waals surface area contributed by atoms with Crippen LogP contribution in [0.4, 0.5) is 0 Å². The topological polar surface area (TPSA) is 77.0 Å². The lowest BCUT2D eigenvalue weighted by Crippen LogP contribution is -2.22. The van der Waals surface area contributed by atoms with Crippen molar-refractivity contribution in [2.75, 3.05) is 13.2 Å². The van der Waals surface area contributed by atoms with Crippen LogP contribution in [0.2, 0.25) is 0 Å². The third-order valence-electron chi connectivity index (χ3n) is 5.54. The van der Waals surface area contributed by atoms with Gasteiger partial charge in [0.2, 0.25) is 5.91 Å². The Morgan fingerprint density at radius 3 is 2.73 bits per heavy atom. The minimum absolute atomic E-state index is 0.0324. The summed E-state index contributed by atoms with van der Waals surface area (Å²) in [6, 6.07) is 7.13. The van der Waals surface area contributed by atoms with Crippen LogP contribution in [0.3, 0.4) is 0 Å². The molecule has 2 saturated carbocycles. The number of hydrogen-bond donors (Lipinski definition) is 1. The number of nitrogens with one attached hydrogen (secondary N) is 1. The lowest BCUT2D eigenvalue weighted by molar-refractivity contribution is -0.145. The molecule has 140 valence electrons. The van der Waals surface area contributed by atoms with Crippen LogP contribution in [-0.2, 0) is 14.3 Å². The molecule has 0 aliphatic heterocycles. The molecule has 0 spiro atoms. The van der Waals surface area contributed by atoms with Crippen molar-refractivity contribution in [2.24, 2.45) is 22.4 Å². The number of ether oxygens (including phenoxy) is 2. The van der Waals surface area contributed by atoms with Crippen LogP contribution in [0.1, 0.15) is 45.1 Å². The number of carbonyl (C=O) groups is 2. The van der Waals surface area contributed by atoms with Crippen molar-refractivity contribution in [3.05, 3.63) is 29.8 Å². The molecule has 0 radical (unpaired) electrons. The first-order valence-corrected chi connectivity index (χ1v) is 9.26. The molecule has 0 heterocycles. The van der Waals surface area contributed by atoms with Gasteiger partial charge in [0, 0.05) is 5.92 Å². The minimum Gasteiger partial charge on any atom is -0.482 e. The number of amides is 1. The predicted octanol–water partition coefficient (Wildman–Crippen LogP) is 2.90. The maximum absolute atomic E-state index is 12.3. The van der Waals surface area contributed by atoms with E-state index in [2.05, 4.69) is 17.5 Å². The number of benzene rings is 1. The van der Waals surface area contributed by atoms with Crippen LogP contribution in [0.15, 0.2) is 29.4 Å². The Morgan fingerprint density at radius 1 is 1.31 bits per heavy atom. The molecule has 3 rings (SSSR count). The second-order valence-electron chi connectivity index (χ2n) is 7.23. The van der Waals surface area contributed by atoms with Gasteiger partial charge in [0.25, 0.3) is 0 Å². The molecule has 2 aliphatic carbocycles. The zero-order valence-corrected chi connectivity index (χ0v) is 15.4. The van der Waals surface area contributed by atoms with E-state index < -0.39 is 5.97 Å². The molecular weight excluding hydrogens is 332 g/mol. The van der Waals surface area contributed by atoms with Crippen LogP contribution in [0.5, 0.6) is 5.75 Å². The van der Waals surface area contributed by atoms with Crippen molar-refractivity contribution in [2.45, 2.75) is 39.5 Å². The van der Waals surface area contributed by atoms with E-state index >= 15 is 0 Å². The summed E-state index contributed by atoms with van der Waals surface area (Å²) in [7, 11) is 0. The quantitative estimate of drug-likeness (QED) is 0.462. The molecular formula is C20H26N2O4. The summed E-state index contributed by atoms with van der Waals surface area (Å²) in [5.74, 6) is 0.859. The zero-order chi connectivity index (χ0) is 18.6. The lowest BCUT2D eigenvalue weighted by atomic mass is 9.90. The number of hydrogen-bond acceptors (Lipinski definition) is 5. The molecule has 0 unspecified atom stereocenters. The van der Waals surface area contributed by atoms with Crippen molar-refractivity contribution in [3.8, 4) is 5.75 Å². The molecule has 1 amide bonds. The number of rotatable bonds is 7. The third kappa shape index (κ3) is 4.06. The molecule has 1 aromatic carbocycles. The summed E-state index contributed by atoms with van der Waals surface area (Å²) < 4.78 is 10.1. The highest BCUT2D eigenvalue weighted by Gasteiger charge is 2.64. The van der Waals surface area contributed by atoms with E-state index in [0.717, 1.165) is 18.4 Å². The molecule has 2 fully saturated rings. The molecule has 0 bridgehead atoms. The first-order valence-electron chi connectivity index (χ1n) is 9.26.